The van der Waals surface area contributed by atoms with Crippen LogP contribution in [0.15, 0.2) is 36.5 Å². The van der Waals surface area contributed by atoms with Gasteiger partial charge in [0, 0.05) is 6.42 Å². The van der Waals surface area contributed by atoms with Gasteiger partial charge in [-0.25, -0.2) is 4.79 Å². The van der Waals surface area contributed by atoms with Crippen molar-refractivity contribution in [1.82, 2.24) is 0 Å². The fraction of sp³-hybridized carbons (Fsp3) is 0.833. The normalized spacial score (nSPS) is 13.4. The topological polar surface area (TPSA) is 102 Å². The lowest BCUT2D eigenvalue weighted by Gasteiger charge is -2.24. The summed E-state index contributed by atoms with van der Waals surface area (Å²) in [6.45, 7) is 2.59. The zero-order valence-electron chi connectivity index (χ0n) is 37.0. The molecule has 8 nitrogen and oxygen atoms in total. The van der Waals surface area contributed by atoms with Gasteiger partial charge in [-0.3, -0.25) is 4.79 Å². The van der Waals surface area contributed by atoms with Crippen LogP contribution in [0.25, 0.3) is 0 Å². The van der Waals surface area contributed by atoms with Gasteiger partial charge in [0.2, 0.25) is 0 Å². The van der Waals surface area contributed by atoms with Crippen molar-refractivity contribution < 1.29 is 38.5 Å². The highest BCUT2D eigenvalue weighted by Crippen LogP contribution is 2.16. The largest absolute Gasteiger partial charge is 0.477 e. The molecule has 0 spiro atoms. The van der Waals surface area contributed by atoms with E-state index in [0.29, 0.717) is 17.4 Å². The molecule has 0 bridgehead atoms. The molecule has 8 heteroatoms. The SMILES string of the molecule is CCCCCCC/C=C\C/C=C\C/C=C\CCCCCCCCCCCCCCCCCCCCCCC(=O)OCC(O)COC(OCC[N+](C)(C)C)C(=O)O. The summed E-state index contributed by atoms with van der Waals surface area (Å²) in [5, 5.41) is 19.3. The first kappa shape index (κ1) is 54.0. The van der Waals surface area contributed by atoms with Crippen LogP contribution in [0, 0.1) is 0 Å². The third-order valence-electron chi connectivity index (χ3n) is 10.1. The second-order valence-corrected chi connectivity index (χ2v) is 16.9. The number of hydrogen-bond donors (Lipinski definition) is 2. The molecule has 0 radical (unpaired) electrons. The fourth-order valence-corrected chi connectivity index (χ4v) is 6.49. The summed E-state index contributed by atoms with van der Waals surface area (Å²) in [6, 6.07) is 0. The van der Waals surface area contributed by atoms with Crippen LogP contribution >= 0.6 is 0 Å². The van der Waals surface area contributed by atoms with Crippen molar-refractivity contribution >= 4 is 11.9 Å². The highest BCUT2D eigenvalue weighted by Gasteiger charge is 2.22. The molecule has 0 heterocycles. The minimum Gasteiger partial charge on any atom is -0.477 e. The number of quaternary nitrogens is 1. The Labute approximate surface area is 345 Å². The zero-order chi connectivity index (χ0) is 41.2. The number of nitrogens with zero attached hydrogens (tertiary/aromatic N) is 1. The Morgan fingerprint density at radius 2 is 0.929 bits per heavy atom. The highest BCUT2D eigenvalue weighted by atomic mass is 16.7. The van der Waals surface area contributed by atoms with Crippen LogP contribution in [0.5, 0.6) is 0 Å². The number of aliphatic carboxylic acids is 1. The molecule has 2 N–H and O–H groups in total. The van der Waals surface area contributed by atoms with Crippen LogP contribution in [-0.4, -0.2) is 86.5 Å². The van der Waals surface area contributed by atoms with Gasteiger partial charge in [0.25, 0.3) is 6.29 Å². The van der Waals surface area contributed by atoms with Crippen molar-refractivity contribution in [3.63, 3.8) is 0 Å². The first-order valence-electron chi connectivity index (χ1n) is 23.2. The molecule has 0 saturated heterocycles. The molecule has 0 amide bonds. The predicted molar refractivity (Wildman–Crippen MR) is 235 cm³/mol. The van der Waals surface area contributed by atoms with Gasteiger partial charge in [-0.1, -0.05) is 185 Å². The van der Waals surface area contributed by atoms with Gasteiger partial charge < -0.3 is 28.9 Å². The number of aliphatic hydroxyl groups excluding tert-OH is 1. The first-order valence-corrected chi connectivity index (χ1v) is 23.2. The molecule has 0 saturated carbocycles. The van der Waals surface area contributed by atoms with E-state index in [0.717, 1.165) is 32.1 Å². The minimum absolute atomic E-state index is 0.211. The molecule has 0 aliphatic carbocycles. The van der Waals surface area contributed by atoms with Crippen molar-refractivity contribution in [2.75, 3.05) is 47.5 Å². The number of unbranched alkanes of at least 4 members (excludes halogenated alkanes) is 25. The lowest BCUT2D eigenvalue weighted by molar-refractivity contribution is -0.870. The maximum Gasteiger partial charge on any atom is 0.361 e. The number of hydrogen-bond acceptors (Lipinski definition) is 6. The van der Waals surface area contributed by atoms with Crippen molar-refractivity contribution in [1.29, 1.82) is 0 Å². The van der Waals surface area contributed by atoms with E-state index in [4.69, 9.17) is 14.2 Å². The number of carboxylic acid groups (broad SMARTS) is 1. The Balaban J connectivity index is 3.39. The van der Waals surface area contributed by atoms with Crippen LogP contribution in [0.3, 0.4) is 0 Å². The average molecular weight is 793 g/mol. The van der Waals surface area contributed by atoms with Crippen LogP contribution in [0.2, 0.25) is 0 Å². The van der Waals surface area contributed by atoms with Gasteiger partial charge in [0.15, 0.2) is 0 Å². The number of allylic oxidation sites excluding steroid dienone is 6. The number of carbonyl (C=O) groups excluding carboxylic acids is 1. The van der Waals surface area contributed by atoms with Gasteiger partial charge in [-0.15, -0.1) is 0 Å². The lowest BCUT2D eigenvalue weighted by Crippen LogP contribution is -2.40. The molecule has 0 aliphatic heterocycles. The van der Waals surface area contributed by atoms with E-state index in [1.807, 2.05) is 21.1 Å². The molecule has 0 aliphatic rings. The summed E-state index contributed by atoms with van der Waals surface area (Å²) in [6.07, 6.45) is 49.3. The van der Waals surface area contributed by atoms with Gasteiger partial charge in [-0.2, -0.15) is 0 Å². The number of carbonyl (C=O) groups is 2. The van der Waals surface area contributed by atoms with Crippen LogP contribution in [-0.2, 0) is 23.8 Å². The van der Waals surface area contributed by atoms with E-state index in [1.54, 1.807) is 0 Å². The molecule has 56 heavy (non-hydrogen) atoms. The quantitative estimate of drug-likeness (QED) is 0.0208. The molecule has 0 fully saturated rings. The molecule has 2 unspecified atom stereocenters. The lowest BCUT2D eigenvalue weighted by atomic mass is 10.0. The number of esters is 1. The number of rotatable bonds is 43. The molecular formula is C48H90NO7+. The second kappa shape index (κ2) is 41.2. The van der Waals surface area contributed by atoms with Crippen LogP contribution in [0.1, 0.15) is 200 Å². The predicted octanol–water partition coefficient (Wildman–Crippen LogP) is 12.4. The Morgan fingerprint density at radius 1 is 0.536 bits per heavy atom. The van der Waals surface area contributed by atoms with E-state index in [2.05, 4.69) is 43.4 Å². The van der Waals surface area contributed by atoms with Crippen LogP contribution < -0.4 is 0 Å². The highest BCUT2D eigenvalue weighted by molar-refractivity contribution is 5.70. The standard InChI is InChI=1S/C48H89NO7/c1-5-6-7-8-9-10-11-12-13-14-15-16-17-18-19-20-21-22-23-24-25-26-27-28-29-30-31-32-33-34-35-36-37-38-39-40-46(51)55-43-45(50)44-56-48(47(52)53)54-42-41-49(2,3)4/h11-12,14-15,17-18,45,48,50H,5-10,13,16,19-44H2,1-4H3/p+1/b12-11-,15-14-,18-17-. The third-order valence-corrected chi connectivity index (χ3v) is 10.1. The summed E-state index contributed by atoms with van der Waals surface area (Å²) in [5.74, 6) is -1.60. The summed E-state index contributed by atoms with van der Waals surface area (Å²) in [7, 11) is 5.92. The molecule has 0 rings (SSSR count). The summed E-state index contributed by atoms with van der Waals surface area (Å²) in [5.41, 5.74) is 0. The zero-order valence-corrected chi connectivity index (χ0v) is 37.0. The summed E-state index contributed by atoms with van der Waals surface area (Å²) in [4.78, 5) is 23.3. The fourth-order valence-electron chi connectivity index (χ4n) is 6.49. The number of ether oxygens (including phenoxy) is 3. The Bertz CT molecular complexity index is 958. The van der Waals surface area contributed by atoms with E-state index in [-0.39, 0.29) is 25.8 Å². The average Bonchev–Trinajstić information content (AvgIpc) is 3.16. The van der Waals surface area contributed by atoms with E-state index >= 15 is 0 Å². The van der Waals surface area contributed by atoms with E-state index in [9.17, 15) is 19.8 Å². The third kappa shape index (κ3) is 43.1. The van der Waals surface area contributed by atoms with Gasteiger partial charge in [0.05, 0.1) is 34.4 Å². The second-order valence-electron chi connectivity index (χ2n) is 16.9. The van der Waals surface area contributed by atoms with Gasteiger partial charge in [-0.05, 0) is 44.9 Å². The van der Waals surface area contributed by atoms with Gasteiger partial charge in [0.1, 0.15) is 19.3 Å². The Hall–Kier alpha value is -2.00. The molecule has 0 aromatic heterocycles. The molecular weight excluding hydrogens is 703 g/mol. The number of likely N-dealkylation sites (N-methyl/N-ethyl adjacent to an activating group) is 1. The number of aliphatic hydroxyl groups is 1. The maximum absolute atomic E-state index is 12.0. The van der Waals surface area contributed by atoms with Crippen molar-refractivity contribution in [2.45, 2.75) is 212 Å². The first-order chi connectivity index (χ1) is 27.2. The minimum atomic E-state index is -1.46. The smallest absolute Gasteiger partial charge is 0.361 e. The number of carboxylic acids is 1. The molecule has 328 valence electrons. The van der Waals surface area contributed by atoms with Gasteiger partial charge >= 0.3 is 11.9 Å². The summed E-state index contributed by atoms with van der Waals surface area (Å²) < 4.78 is 16.2. The van der Waals surface area contributed by atoms with Crippen LogP contribution in [0.4, 0.5) is 0 Å². The summed E-state index contributed by atoms with van der Waals surface area (Å²) >= 11 is 0. The molecule has 0 aromatic rings. The Morgan fingerprint density at radius 3 is 1.34 bits per heavy atom. The van der Waals surface area contributed by atoms with E-state index < -0.39 is 18.4 Å². The molecule has 2 atom stereocenters. The Kier molecular flexibility index (Phi) is 39.7. The van der Waals surface area contributed by atoms with Crippen molar-refractivity contribution in [2.24, 2.45) is 0 Å². The van der Waals surface area contributed by atoms with E-state index in [1.165, 1.54) is 154 Å². The molecule has 0 aromatic carbocycles. The maximum atomic E-state index is 12.0. The monoisotopic (exact) mass is 793 g/mol. The van der Waals surface area contributed by atoms with Crippen molar-refractivity contribution in [3.05, 3.63) is 36.5 Å². The van der Waals surface area contributed by atoms with Crippen molar-refractivity contribution in [3.8, 4) is 0 Å².